The lowest BCUT2D eigenvalue weighted by molar-refractivity contribution is 0.117. The van der Waals surface area contributed by atoms with E-state index >= 15 is 0 Å². The number of hydroxylamine groups is 1. The summed E-state index contributed by atoms with van der Waals surface area (Å²) in [5, 5.41) is 11.3. The van der Waals surface area contributed by atoms with Crippen LogP contribution in [0.5, 0.6) is 0 Å². The second-order valence-electron chi connectivity index (χ2n) is 6.44. The minimum Gasteiger partial charge on any atom is -0.354 e. The molecule has 0 aliphatic carbocycles. The average Bonchev–Trinajstić information content (AvgIpc) is 2.69. The summed E-state index contributed by atoms with van der Waals surface area (Å²) in [5.41, 5.74) is 5.24. The van der Waals surface area contributed by atoms with Crippen LogP contribution >= 0.6 is 23.2 Å². The number of hydrogen-bond acceptors (Lipinski definition) is 5. The summed E-state index contributed by atoms with van der Waals surface area (Å²) in [7, 11) is 0. The largest absolute Gasteiger partial charge is 0.354 e. The molecule has 1 aliphatic rings. The second-order valence-corrected chi connectivity index (χ2v) is 7.25. The van der Waals surface area contributed by atoms with Crippen LogP contribution in [-0.2, 0) is 0 Å². The number of benzene rings is 2. The van der Waals surface area contributed by atoms with E-state index < -0.39 is 0 Å². The first-order valence-corrected chi connectivity index (χ1v) is 9.26. The van der Waals surface area contributed by atoms with Crippen molar-refractivity contribution < 1.29 is 5.21 Å². The van der Waals surface area contributed by atoms with Gasteiger partial charge in [0.25, 0.3) is 0 Å². The Morgan fingerprint density at radius 2 is 2.00 bits per heavy atom. The molecule has 3 aromatic rings. The summed E-state index contributed by atoms with van der Waals surface area (Å²) in [6.45, 7) is 1.58. The highest BCUT2D eigenvalue weighted by Gasteiger charge is 2.23. The molecule has 0 amide bonds. The second kappa shape index (κ2) is 7.37. The lowest BCUT2D eigenvalue weighted by atomic mass is 9.99. The molecule has 1 atom stereocenters. The molecule has 2 N–H and O–H groups in total. The average molecular weight is 389 g/mol. The number of hydrogen-bond donors (Lipinski definition) is 2. The van der Waals surface area contributed by atoms with Gasteiger partial charge < -0.3 is 10.1 Å². The van der Waals surface area contributed by atoms with Crippen LogP contribution in [0.2, 0.25) is 10.0 Å². The monoisotopic (exact) mass is 388 g/mol. The van der Waals surface area contributed by atoms with Gasteiger partial charge in [0.1, 0.15) is 12.1 Å². The van der Waals surface area contributed by atoms with Gasteiger partial charge in [-0.25, -0.2) is 15.4 Å². The normalized spacial score (nSPS) is 17.7. The maximum absolute atomic E-state index is 9.32. The molecule has 1 saturated heterocycles. The molecule has 1 aromatic heterocycles. The van der Waals surface area contributed by atoms with Crippen molar-refractivity contribution in [3.63, 3.8) is 0 Å². The van der Waals surface area contributed by atoms with Gasteiger partial charge in [-0.2, -0.15) is 0 Å². The molecule has 0 bridgehead atoms. The number of aromatic nitrogens is 2. The molecule has 1 aliphatic heterocycles. The Labute approximate surface area is 161 Å². The van der Waals surface area contributed by atoms with Gasteiger partial charge in [-0.1, -0.05) is 41.4 Å². The molecule has 0 radical (unpaired) electrons. The third kappa shape index (κ3) is 3.23. The first kappa shape index (κ1) is 17.5. The summed E-state index contributed by atoms with van der Waals surface area (Å²) in [4.78, 5) is 11.2. The van der Waals surface area contributed by atoms with Gasteiger partial charge in [-0.05, 0) is 42.2 Å². The first-order valence-electron chi connectivity index (χ1n) is 8.51. The predicted octanol–water partition coefficient (Wildman–Crippen LogP) is 4.55. The highest BCUT2D eigenvalue weighted by Crippen LogP contribution is 2.36. The topological polar surface area (TPSA) is 61.3 Å². The standard InChI is InChI=1S/C19H18Cl2N4O/c20-15-7-6-12(9-16(15)21)14-4-1-5-17-18(14)19(23-11-22-17)25-8-2-3-13(10-25)24-26/h1,4-7,9,11,13,24,26H,2-3,8,10H2. The minimum absolute atomic E-state index is 0.0332. The minimum atomic E-state index is 0.0332. The van der Waals surface area contributed by atoms with E-state index in [9.17, 15) is 5.21 Å². The van der Waals surface area contributed by atoms with Gasteiger partial charge in [0.2, 0.25) is 0 Å². The van der Waals surface area contributed by atoms with Crippen molar-refractivity contribution in [2.75, 3.05) is 18.0 Å². The van der Waals surface area contributed by atoms with Gasteiger partial charge in [-0.3, -0.25) is 0 Å². The number of piperidine rings is 1. The van der Waals surface area contributed by atoms with Crippen LogP contribution in [-0.4, -0.2) is 34.3 Å². The van der Waals surface area contributed by atoms with E-state index in [-0.39, 0.29) is 6.04 Å². The Bertz CT molecular complexity index is 945. The Morgan fingerprint density at radius 3 is 2.81 bits per heavy atom. The summed E-state index contributed by atoms with van der Waals surface area (Å²) >= 11 is 12.3. The lowest BCUT2D eigenvalue weighted by Gasteiger charge is -2.33. The number of rotatable bonds is 3. The van der Waals surface area contributed by atoms with Crippen LogP contribution < -0.4 is 10.4 Å². The SMILES string of the molecule is ONC1CCCN(c2ncnc3cccc(-c4ccc(Cl)c(Cl)c4)c23)C1. The summed E-state index contributed by atoms with van der Waals surface area (Å²) in [6, 6.07) is 11.6. The maximum Gasteiger partial charge on any atom is 0.140 e. The smallest absolute Gasteiger partial charge is 0.140 e. The molecule has 5 nitrogen and oxygen atoms in total. The van der Waals surface area contributed by atoms with E-state index in [2.05, 4.69) is 20.3 Å². The molecule has 0 spiro atoms. The van der Waals surface area contributed by atoms with E-state index in [0.717, 1.165) is 47.2 Å². The Hall–Kier alpha value is -1.92. The van der Waals surface area contributed by atoms with Crippen LogP contribution in [0, 0.1) is 0 Å². The van der Waals surface area contributed by atoms with Crippen LogP contribution in [0.4, 0.5) is 5.82 Å². The van der Waals surface area contributed by atoms with Crippen molar-refractivity contribution in [1.29, 1.82) is 0 Å². The zero-order valence-corrected chi connectivity index (χ0v) is 15.5. The molecule has 26 heavy (non-hydrogen) atoms. The van der Waals surface area contributed by atoms with E-state index in [1.807, 2.05) is 30.3 Å². The van der Waals surface area contributed by atoms with E-state index in [1.165, 1.54) is 0 Å². The van der Waals surface area contributed by atoms with Gasteiger partial charge in [-0.15, -0.1) is 0 Å². The van der Waals surface area contributed by atoms with Crippen molar-refractivity contribution in [3.05, 3.63) is 52.8 Å². The molecule has 1 unspecified atom stereocenters. The summed E-state index contributed by atoms with van der Waals surface area (Å²) in [6.07, 6.45) is 3.51. The fraction of sp³-hybridized carbons (Fsp3) is 0.263. The number of halogens is 2. The quantitative estimate of drug-likeness (QED) is 0.644. The molecular formula is C19H18Cl2N4O. The van der Waals surface area contributed by atoms with E-state index in [4.69, 9.17) is 23.2 Å². The lowest BCUT2D eigenvalue weighted by Crippen LogP contribution is -2.45. The van der Waals surface area contributed by atoms with Crippen molar-refractivity contribution in [2.45, 2.75) is 18.9 Å². The third-order valence-corrected chi connectivity index (χ3v) is 5.52. The molecule has 2 aromatic carbocycles. The number of fused-ring (bicyclic) bond motifs is 1. The maximum atomic E-state index is 9.32. The van der Waals surface area contributed by atoms with Crippen molar-refractivity contribution >= 4 is 39.9 Å². The van der Waals surface area contributed by atoms with Crippen molar-refractivity contribution in [2.24, 2.45) is 0 Å². The Balaban J connectivity index is 1.88. The van der Waals surface area contributed by atoms with Gasteiger partial charge in [0.05, 0.1) is 20.9 Å². The fourth-order valence-corrected chi connectivity index (χ4v) is 3.81. The van der Waals surface area contributed by atoms with Crippen LogP contribution in [0.3, 0.4) is 0 Å². The molecule has 0 saturated carbocycles. The van der Waals surface area contributed by atoms with Crippen LogP contribution in [0.1, 0.15) is 12.8 Å². The fourth-order valence-electron chi connectivity index (χ4n) is 3.51. The van der Waals surface area contributed by atoms with Gasteiger partial charge in [0, 0.05) is 19.1 Å². The highest BCUT2D eigenvalue weighted by atomic mass is 35.5. The van der Waals surface area contributed by atoms with Crippen LogP contribution in [0.15, 0.2) is 42.7 Å². The van der Waals surface area contributed by atoms with Gasteiger partial charge in [0.15, 0.2) is 0 Å². The van der Waals surface area contributed by atoms with E-state index in [0.29, 0.717) is 16.6 Å². The zero-order valence-electron chi connectivity index (χ0n) is 14.0. The Kier molecular flexibility index (Phi) is 4.96. The summed E-state index contributed by atoms with van der Waals surface area (Å²) < 4.78 is 0. The number of anilines is 1. The molecule has 1 fully saturated rings. The van der Waals surface area contributed by atoms with Crippen molar-refractivity contribution in [3.8, 4) is 11.1 Å². The molecule has 7 heteroatoms. The van der Waals surface area contributed by atoms with Gasteiger partial charge >= 0.3 is 0 Å². The zero-order chi connectivity index (χ0) is 18.1. The molecular weight excluding hydrogens is 371 g/mol. The Morgan fingerprint density at radius 1 is 1.12 bits per heavy atom. The first-order chi connectivity index (χ1) is 12.7. The van der Waals surface area contributed by atoms with Crippen molar-refractivity contribution in [1.82, 2.24) is 15.4 Å². The molecule has 2 heterocycles. The number of nitrogens with one attached hydrogen (secondary N) is 1. The highest BCUT2D eigenvalue weighted by molar-refractivity contribution is 6.42. The summed E-state index contributed by atoms with van der Waals surface area (Å²) in [5.74, 6) is 0.872. The molecule has 134 valence electrons. The predicted molar refractivity (Wildman–Crippen MR) is 105 cm³/mol. The third-order valence-electron chi connectivity index (χ3n) is 4.78. The number of nitrogens with zero attached hydrogens (tertiary/aromatic N) is 3. The van der Waals surface area contributed by atoms with Crippen LogP contribution in [0.25, 0.3) is 22.0 Å². The van der Waals surface area contributed by atoms with E-state index in [1.54, 1.807) is 12.4 Å². The molecule has 4 rings (SSSR count).